The molecule has 0 aliphatic heterocycles. The molecule has 19 heavy (non-hydrogen) atoms. The molecule has 0 saturated heterocycles. The molecule has 104 valence electrons. The van der Waals surface area contributed by atoms with Crippen molar-refractivity contribution in [2.24, 2.45) is 13.0 Å². The maximum Gasteiger partial charge on any atom is 0.326 e. The molecule has 1 aromatic rings. The van der Waals surface area contributed by atoms with Crippen molar-refractivity contribution in [2.45, 2.75) is 38.1 Å². The summed E-state index contributed by atoms with van der Waals surface area (Å²) in [6.45, 7) is 0. The number of nitrogens with zero attached hydrogens (tertiary/aromatic N) is 2. The number of carboxylic acids is 1. The maximum absolute atomic E-state index is 12.0. The second-order valence-corrected chi connectivity index (χ2v) is 5.11. The highest BCUT2D eigenvalue weighted by atomic mass is 16.4. The fourth-order valence-electron chi connectivity index (χ4n) is 2.59. The van der Waals surface area contributed by atoms with Gasteiger partial charge in [0.25, 0.3) is 5.91 Å². The minimum Gasteiger partial charge on any atom is -0.480 e. The van der Waals surface area contributed by atoms with Gasteiger partial charge in [0.1, 0.15) is 11.7 Å². The third-order valence-electron chi connectivity index (χ3n) is 3.61. The van der Waals surface area contributed by atoms with E-state index in [-0.39, 0.29) is 11.6 Å². The number of hydrogen-bond donors (Lipinski definition) is 2. The van der Waals surface area contributed by atoms with Gasteiger partial charge in [0.05, 0.1) is 6.33 Å². The van der Waals surface area contributed by atoms with Crippen molar-refractivity contribution in [3.63, 3.8) is 0 Å². The molecule has 0 bridgehead atoms. The van der Waals surface area contributed by atoms with Gasteiger partial charge in [-0.25, -0.2) is 9.78 Å². The summed E-state index contributed by atoms with van der Waals surface area (Å²) >= 11 is 0. The Morgan fingerprint density at radius 3 is 2.63 bits per heavy atom. The zero-order valence-corrected chi connectivity index (χ0v) is 11.0. The molecule has 0 radical (unpaired) electrons. The summed E-state index contributed by atoms with van der Waals surface area (Å²) in [5.41, 5.74) is 0.254. The van der Waals surface area contributed by atoms with Crippen molar-refractivity contribution in [2.75, 3.05) is 0 Å². The van der Waals surface area contributed by atoms with E-state index in [4.69, 9.17) is 0 Å². The molecule has 1 atom stereocenters. The number of carbonyl (C=O) groups excluding carboxylic acids is 1. The predicted octanol–water partition coefficient (Wildman–Crippen LogP) is 1.18. The molecule has 0 spiro atoms. The number of hydrogen-bond acceptors (Lipinski definition) is 3. The van der Waals surface area contributed by atoms with Crippen LogP contribution in [0.2, 0.25) is 0 Å². The summed E-state index contributed by atoms with van der Waals surface area (Å²) in [6.07, 6.45) is 8.04. The Hall–Kier alpha value is -1.85. The zero-order chi connectivity index (χ0) is 13.8. The molecule has 1 amide bonds. The number of aryl methyl sites for hydroxylation is 1. The number of amides is 1. The zero-order valence-electron chi connectivity index (χ0n) is 11.0. The largest absolute Gasteiger partial charge is 0.480 e. The van der Waals surface area contributed by atoms with Gasteiger partial charge < -0.3 is 15.0 Å². The van der Waals surface area contributed by atoms with Crippen LogP contribution in [0.5, 0.6) is 0 Å². The molecule has 1 heterocycles. The summed E-state index contributed by atoms with van der Waals surface area (Å²) < 4.78 is 1.66. The lowest BCUT2D eigenvalue weighted by molar-refractivity contribution is -0.141. The Bertz CT molecular complexity index is 463. The van der Waals surface area contributed by atoms with E-state index >= 15 is 0 Å². The topological polar surface area (TPSA) is 84.2 Å². The smallest absolute Gasteiger partial charge is 0.326 e. The van der Waals surface area contributed by atoms with E-state index in [2.05, 4.69) is 10.3 Å². The van der Waals surface area contributed by atoms with E-state index in [1.165, 1.54) is 6.33 Å². The van der Waals surface area contributed by atoms with Crippen LogP contribution in [0.25, 0.3) is 0 Å². The quantitative estimate of drug-likeness (QED) is 0.856. The first-order valence-electron chi connectivity index (χ1n) is 6.59. The van der Waals surface area contributed by atoms with Crippen molar-refractivity contribution in [3.05, 3.63) is 18.2 Å². The van der Waals surface area contributed by atoms with Crippen LogP contribution in [0.4, 0.5) is 0 Å². The number of aromatic nitrogens is 2. The summed E-state index contributed by atoms with van der Waals surface area (Å²) in [5.74, 6) is -1.35. The number of nitrogens with one attached hydrogen (secondary N) is 1. The molecule has 1 saturated carbocycles. The average molecular weight is 265 g/mol. The third kappa shape index (κ3) is 3.33. The van der Waals surface area contributed by atoms with Crippen LogP contribution >= 0.6 is 0 Å². The highest BCUT2D eigenvalue weighted by Crippen LogP contribution is 2.26. The van der Waals surface area contributed by atoms with Gasteiger partial charge in [0, 0.05) is 13.2 Å². The molecule has 1 fully saturated rings. The first-order chi connectivity index (χ1) is 9.08. The molecule has 0 aromatic carbocycles. The van der Waals surface area contributed by atoms with Crippen molar-refractivity contribution in [1.29, 1.82) is 0 Å². The molecule has 2 rings (SSSR count). The van der Waals surface area contributed by atoms with Crippen LogP contribution in [-0.4, -0.2) is 32.6 Å². The van der Waals surface area contributed by atoms with E-state index < -0.39 is 17.9 Å². The standard InChI is InChI=1S/C13H19N3O3/c1-16-7-10(14-8-16)12(17)15-11(13(18)19)9-5-3-2-4-6-9/h7-9,11H,2-6H2,1H3,(H,15,17)(H,18,19). The van der Waals surface area contributed by atoms with Crippen LogP contribution in [0, 0.1) is 5.92 Å². The van der Waals surface area contributed by atoms with Crippen molar-refractivity contribution in [1.82, 2.24) is 14.9 Å². The average Bonchev–Trinajstić information content (AvgIpc) is 2.83. The van der Waals surface area contributed by atoms with Gasteiger partial charge in [-0.15, -0.1) is 0 Å². The van der Waals surface area contributed by atoms with Gasteiger partial charge in [-0.05, 0) is 18.8 Å². The molecular weight excluding hydrogens is 246 g/mol. The SMILES string of the molecule is Cn1cnc(C(=O)NC(C(=O)O)C2CCCCC2)c1. The molecular formula is C13H19N3O3. The molecule has 1 aliphatic carbocycles. The molecule has 6 nitrogen and oxygen atoms in total. The second kappa shape index (κ2) is 5.86. The third-order valence-corrected chi connectivity index (χ3v) is 3.61. The molecule has 6 heteroatoms. The highest BCUT2D eigenvalue weighted by Gasteiger charge is 2.31. The summed E-state index contributed by atoms with van der Waals surface area (Å²) in [4.78, 5) is 27.2. The molecule has 1 unspecified atom stereocenters. The molecule has 1 aromatic heterocycles. The van der Waals surface area contributed by atoms with Gasteiger partial charge in [0.15, 0.2) is 0 Å². The lowest BCUT2D eigenvalue weighted by Gasteiger charge is -2.27. The summed E-state index contributed by atoms with van der Waals surface area (Å²) in [6, 6.07) is -0.810. The summed E-state index contributed by atoms with van der Waals surface area (Å²) in [5, 5.41) is 11.9. The Kier molecular flexibility index (Phi) is 4.19. The highest BCUT2D eigenvalue weighted by molar-refractivity contribution is 5.94. The van der Waals surface area contributed by atoms with Gasteiger partial charge in [-0.3, -0.25) is 4.79 Å². The van der Waals surface area contributed by atoms with Crippen molar-refractivity contribution < 1.29 is 14.7 Å². The van der Waals surface area contributed by atoms with Crippen molar-refractivity contribution in [3.8, 4) is 0 Å². The van der Waals surface area contributed by atoms with Gasteiger partial charge in [-0.1, -0.05) is 19.3 Å². The first kappa shape index (κ1) is 13.6. The fourth-order valence-corrected chi connectivity index (χ4v) is 2.59. The van der Waals surface area contributed by atoms with E-state index in [0.29, 0.717) is 0 Å². The molecule has 2 N–H and O–H groups in total. The fraction of sp³-hybridized carbons (Fsp3) is 0.615. The Balaban J connectivity index is 2.04. The van der Waals surface area contributed by atoms with Crippen LogP contribution < -0.4 is 5.32 Å². The molecule has 1 aliphatic rings. The van der Waals surface area contributed by atoms with E-state index in [1.807, 2.05) is 0 Å². The van der Waals surface area contributed by atoms with Gasteiger partial charge in [0.2, 0.25) is 0 Å². The Labute approximate surface area is 111 Å². The number of rotatable bonds is 4. The number of aliphatic carboxylic acids is 1. The van der Waals surface area contributed by atoms with E-state index in [9.17, 15) is 14.7 Å². The minimum absolute atomic E-state index is 0.0268. The Morgan fingerprint density at radius 1 is 1.42 bits per heavy atom. The van der Waals surface area contributed by atoms with Gasteiger partial charge in [-0.2, -0.15) is 0 Å². The lowest BCUT2D eigenvalue weighted by atomic mass is 9.84. The van der Waals surface area contributed by atoms with Gasteiger partial charge >= 0.3 is 5.97 Å². The van der Waals surface area contributed by atoms with Crippen LogP contribution in [0.1, 0.15) is 42.6 Å². The minimum atomic E-state index is -0.962. The Morgan fingerprint density at radius 2 is 2.11 bits per heavy atom. The first-order valence-corrected chi connectivity index (χ1v) is 6.59. The summed E-state index contributed by atoms with van der Waals surface area (Å²) in [7, 11) is 1.76. The predicted molar refractivity (Wildman–Crippen MR) is 68.7 cm³/mol. The maximum atomic E-state index is 12.0. The van der Waals surface area contributed by atoms with Crippen LogP contribution in [0.3, 0.4) is 0 Å². The second-order valence-electron chi connectivity index (χ2n) is 5.11. The van der Waals surface area contributed by atoms with Crippen LogP contribution in [-0.2, 0) is 11.8 Å². The van der Waals surface area contributed by atoms with E-state index in [1.54, 1.807) is 17.8 Å². The lowest BCUT2D eigenvalue weighted by Crippen LogP contribution is -2.46. The number of carboxylic acid groups (broad SMARTS) is 1. The van der Waals surface area contributed by atoms with Crippen molar-refractivity contribution >= 4 is 11.9 Å². The van der Waals surface area contributed by atoms with Crippen LogP contribution in [0.15, 0.2) is 12.5 Å². The normalized spacial score (nSPS) is 17.9. The van der Waals surface area contributed by atoms with E-state index in [0.717, 1.165) is 32.1 Å². The monoisotopic (exact) mass is 265 g/mol. The number of imidazole rings is 1. The number of carbonyl (C=O) groups is 2.